The van der Waals surface area contributed by atoms with Crippen LogP contribution >= 0.6 is 11.8 Å². The normalized spacial score (nSPS) is 22.9. The number of fused-ring (bicyclic) bond motifs is 1. The SMILES string of the molecule is CC(=O)[C@@]1(Sc2ccccc2)C[C@@H]1c1ccc2ccccc2c1. The van der Waals surface area contributed by atoms with Crippen molar-refractivity contribution in [2.24, 2.45) is 0 Å². The second-order valence-corrected chi connectivity index (χ2v) is 7.63. The molecule has 2 atom stereocenters. The number of benzene rings is 3. The minimum Gasteiger partial charge on any atom is -0.298 e. The molecule has 0 N–H and O–H groups in total. The summed E-state index contributed by atoms with van der Waals surface area (Å²) in [5.41, 5.74) is 1.28. The molecule has 0 heterocycles. The van der Waals surface area contributed by atoms with Gasteiger partial charge in [0.25, 0.3) is 0 Å². The maximum atomic E-state index is 12.4. The van der Waals surface area contributed by atoms with Gasteiger partial charge in [-0.25, -0.2) is 0 Å². The predicted octanol–water partition coefficient (Wildman–Crippen LogP) is 5.45. The molecule has 0 bridgehead atoms. The number of hydrogen-bond acceptors (Lipinski definition) is 2. The first-order chi connectivity index (χ1) is 11.2. The van der Waals surface area contributed by atoms with Crippen LogP contribution in [-0.4, -0.2) is 10.5 Å². The van der Waals surface area contributed by atoms with Crippen LogP contribution in [0.15, 0.2) is 77.7 Å². The Balaban J connectivity index is 1.67. The van der Waals surface area contributed by atoms with Gasteiger partial charge in [0, 0.05) is 10.8 Å². The molecule has 4 rings (SSSR count). The first kappa shape index (κ1) is 14.5. The number of ketones is 1. The number of Topliss-reactive ketones (excluding diaryl/α,β-unsaturated/α-hetero) is 1. The Bertz CT molecular complexity index is 871. The fraction of sp³-hybridized carbons (Fsp3) is 0.190. The van der Waals surface area contributed by atoms with E-state index in [0.717, 1.165) is 6.42 Å². The Kier molecular flexibility index (Phi) is 3.50. The summed E-state index contributed by atoms with van der Waals surface area (Å²) < 4.78 is -0.288. The third-order valence-electron chi connectivity index (χ3n) is 4.73. The standard InChI is InChI=1S/C21H18OS/c1-15(22)21(23-19-9-3-2-4-10-19)14-20(21)18-12-11-16-7-5-6-8-17(16)13-18/h2-13,20H,14H2,1H3/t20-,21+/m1/s1. The highest BCUT2D eigenvalue weighted by atomic mass is 32.2. The fourth-order valence-corrected chi connectivity index (χ4v) is 4.71. The maximum Gasteiger partial charge on any atom is 0.146 e. The van der Waals surface area contributed by atoms with E-state index in [1.165, 1.54) is 21.2 Å². The van der Waals surface area contributed by atoms with Gasteiger partial charge in [-0.3, -0.25) is 4.79 Å². The fourth-order valence-electron chi connectivity index (χ4n) is 3.33. The van der Waals surface area contributed by atoms with Crippen molar-refractivity contribution in [1.82, 2.24) is 0 Å². The highest BCUT2D eigenvalue weighted by Crippen LogP contribution is 2.62. The van der Waals surface area contributed by atoms with Crippen molar-refractivity contribution >= 4 is 28.3 Å². The van der Waals surface area contributed by atoms with E-state index in [4.69, 9.17) is 0 Å². The lowest BCUT2D eigenvalue weighted by Crippen LogP contribution is -2.17. The monoisotopic (exact) mass is 318 g/mol. The number of carbonyl (C=O) groups is 1. The third-order valence-corrected chi connectivity index (χ3v) is 6.34. The largest absolute Gasteiger partial charge is 0.298 e. The molecule has 0 amide bonds. The van der Waals surface area contributed by atoms with Gasteiger partial charge < -0.3 is 0 Å². The van der Waals surface area contributed by atoms with Crippen molar-refractivity contribution in [3.8, 4) is 0 Å². The minimum atomic E-state index is -0.288. The van der Waals surface area contributed by atoms with Crippen molar-refractivity contribution in [2.45, 2.75) is 28.9 Å². The van der Waals surface area contributed by atoms with Crippen molar-refractivity contribution in [3.63, 3.8) is 0 Å². The smallest absolute Gasteiger partial charge is 0.146 e. The highest BCUT2D eigenvalue weighted by molar-refractivity contribution is 8.01. The second-order valence-electron chi connectivity index (χ2n) is 6.22. The van der Waals surface area contributed by atoms with E-state index in [2.05, 4.69) is 54.6 Å². The Labute approximate surface area is 140 Å². The third kappa shape index (κ3) is 2.57. The van der Waals surface area contributed by atoms with E-state index < -0.39 is 0 Å². The van der Waals surface area contributed by atoms with Crippen LogP contribution in [0.2, 0.25) is 0 Å². The minimum absolute atomic E-state index is 0.282. The molecule has 0 aromatic heterocycles. The summed E-state index contributed by atoms with van der Waals surface area (Å²) in [5, 5.41) is 2.50. The zero-order valence-corrected chi connectivity index (χ0v) is 13.8. The average Bonchev–Trinajstić information content (AvgIpc) is 3.31. The molecule has 3 aromatic carbocycles. The summed E-state index contributed by atoms with van der Waals surface area (Å²) in [7, 11) is 0. The molecule has 0 radical (unpaired) electrons. The van der Waals surface area contributed by atoms with E-state index in [1.807, 2.05) is 18.2 Å². The van der Waals surface area contributed by atoms with Crippen molar-refractivity contribution < 1.29 is 4.79 Å². The first-order valence-corrected chi connectivity index (χ1v) is 8.74. The summed E-state index contributed by atoms with van der Waals surface area (Å²) in [6.07, 6.45) is 0.931. The Morgan fingerprint density at radius 1 is 0.957 bits per heavy atom. The van der Waals surface area contributed by atoms with Crippen LogP contribution in [0, 0.1) is 0 Å². The van der Waals surface area contributed by atoms with E-state index in [1.54, 1.807) is 18.7 Å². The molecule has 3 aromatic rings. The van der Waals surface area contributed by atoms with E-state index in [-0.39, 0.29) is 10.5 Å². The molecule has 0 unspecified atom stereocenters. The molecule has 1 nitrogen and oxygen atoms in total. The zero-order valence-electron chi connectivity index (χ0n) is 13.0. The number of hydrogen-bond donors (Lipinski definition) is 0. The molecule has 1 aliphatic rings. The van der Waals surface area contributed by atoms with Gasteiger partial charge in [-0.15, -0.1) is 11.8 Å². The van der Waals surface area contributed by atoms with Crippen LogP contribution < -0.4 is 0 Å². The van der Waals surface area contributed by atoms with Crippen molar-refractivity contribution in [3.05, 3.63) is 78.4 Å². The van der Waals surface area contributed by atoms with E-state index in [0.29, 0.717) is 5.92 Å². The molecule has 1 fully saturated rings. The molecular formula is C21H18OS. The predicted molar refractivity (Wildman–Crippen MR) is 97.0 cm³/mol. The lowest BCUT2D eigenvalue weighted by Gasteiger charge is -2.14. The van der Waals surface area contributed by atoms with Crippen LogP contribution in [0.1, 0.15) is 24.8 Å². The van der Waals surface area contributed by atoms with Crippen LogP contribution in [0.3, 0.4) is 0 Å². The average molecular weight is 318 g/mol. The molecule has 0 saturated heterocycles. The van der Waals surface area contributed by atoms with Gasteiger partial charge in [0.2, 0.25) is 0 Å². The summed E-state index contributed by atoms with van der Waals surface area (Å²) >= 11 is 1.72. The van der Waals surface area contributed by atoms with Crippen LogP contribution in [0.25, 0.3) is 10.8 Å². The molecule has 2 heteroatoms. The summed E-state index contributed by atoms with van der Waals surface area (Å²) in [6.45, 7) is 1.73. The number of thioether (sulfide) groups is 1. The number of carbonyl (C=O) groups excluding carboxylic acids is 1. The Hall–Kier alpha value is -2.06. The molecule has 114 valence electrons. The van der Waals surface area contributed by atoms with Gasteiger partial charge in [0.1, 0.15) is 5.78 Å². The van der Waals surface area contributed by atoms with Gasteiger partial charge in [-0.2, -0.15) is 0 Å². The molecule has 0 spiro atoms. The quantitative estimate of drug-likeness (QED) is 0.636. The Morgan fingerprint density at radius 2 is 1.65 bits per heavy atom. The lowest BCUT2D eigenvalue weighted by molar-refractivity contribution is -0.117. The van der Waals surface area contributed by atoms with Gasteiger partial charge in [0.05, 0.1) is 4.75 Å². The van der Waals surface area contributed by atoms with Gasteiger partial charge in [0.15, 0.2) is 0 Å². The van der Waals surface area contributed by atoms with Crippen LogP contribution in [0.4, 0.5) is 0 Å². The molecule has 0 aliphatic heterocycles. The van der Waals surface area contributed by atoms with E-state index >= 15 is 0 Å². The molecular weight excluding hydrogens is 300 g/mol. The molecule has 1 saturated carbocycles. The molecule has 23 heavy (non-hydrogen) atoms. The lowest BCUT2D eigenvalue weighted by atomic mass is 10.0. The second kappa shape index (κ2) is 5.54. The van der Waals surface area contributed by atoms with Gasteiger partial charge >= 0.3 is 0 Å². The van der Waals surface area contributed by atoms with Crippen LogP contribution in [-0.2, 0) is 4.79 Å². The first-order valence-electron chi connectivity index (χ1n) is 7.93. The summed E-state index contributed by atoms with van der Waals surface area (Å²) in [4.78, 5) is 13.5. The highest BCUT2D eigenvalue weighted by Gasteiger charge is 2.59. The molecule has 1 aliphatic carbocycles. The zero-order chi connectivity index (χ0) is 15.9. The topological polar surface area (TPSA) is 17.1 Å². The van der Waals surface area contributed by atoms with E-state index in [9.17, 15) is 4.79 Å². The van der Waals surface area contributed by atoms with Crippen LogP contribution in [0.5, 0.6) is 0 Å². The number of rotatable bonds is 4. The summed E-state index contributed by atoms with van der Waals surface area (Å²) in [6, 6.07) is 25.2. The van der Waals surface area contributed by atoms with Gasteiger partial charge in [-0.05, 0) is 41.8 Å². The van der Waals surface area contributed by atoms with Crippen molar-refractivity contribution in [2.75, 3.05) is 0 Å². The maximum absolute atomic E-state index is 12.4. The summed E-state index contributed by atoms with van der Waals surface area (Å²) in [5.74, 6) is 0.597. The Morgan fingerprint density at radius 3 is 2.39 bits per heavy atom. The van der Waals surface area contributed by atoms with Gasteiger partial charge in [-0.1, -0.05) is 60.7 Å². The van der Waals surface area contributed by atoms with Crippen molar-refractivity contribution in [1.29, 1.82) is 0 Å².